The lowest BCUT2D eigenvalue weighted by molar-refractivity contribution is -0.118. The van der Waals surface area contributed by atoms with Gasteiger partial charge in [0.25, 0.3) is 0 Å². The molecule has 1 amide bonds. The van der Waals surface area contributed by atoms with E-state index in [1.165, 1.54) is 18.2 Å². The number of sulfone groups is 1. The number of nitrogens with two attached hydrogens (primary N) is 1. The predicted octanol–water partition coefficient (Wildman–Crippen LogP) is 2.00. The number of nitrogens with one attached hydrogen (secondary N) is 1. The van der Waals surface area contributed by atoms with Crippen LogP contribution in [0.2, 0.25) is 0 Å². The minimum Gasteiger partial charge on any atom is -0.462 e. The second-order valence-corrected chi connectivity index (χ2v) is 7.66. The number of carbonyl (C=O) groups excluding carboxylic acids is 2. The van der Waals surface area contributed by atoms with E-state index in [0.717, 1.165) is 12.7 Å². The Hall–Kier alpha value is -1.64. The molecule has 3 N–H and O–H groups in total. The third-order valence-electron chi connectivity index (χ3n) is 3.67. The number of halogens is 1. The van der Waals surface area contributed by atoms with Gasteiger partial charge in [-0.25, -0.2) is 13.2 Å². The Kier molecular flexibility index (Phi) is 9.10. The van der Waals surface area contributed by atoms with E-state index in [1.807, 2.05) is 13.8 Å². The summed E-state index contributed by atoms with van der Waals surface area (Å²) in [6.45, 7) is 5.57. The third-order valence-corrected chi connectivity index (χ3v) is 4.77. The molecule has 0 bridgehead atoms. The first-order valence-electron chi connectivity index (χ1n) is 7.68. The standard InChI is InChI=1S/C16H24N2O5S.ClH/c1-5-10(3)14(17)15(19)18-12-7-11(16(20)23-6-2)8-13(9-12)24(4,21)22;/h7-10,14H,5-6,17H2,1-4H3,(H,18,19);1H. The van der Waals surface area contributed by atoms with Crippen LogP contribution in [0.4, 0.5) is 5.69 Å². The van der Waals surface area contributed by atoms with Crippen LogP contribution in [0.15, 0.2) is 23.1 Å². The van der Waals surface area contributed by atoms with Crippen LogP contribution >= 0.6 is 12.4 Å². The summed E-state index contributed by atoms with van der Waals surface area (Å²) in [4.78, 5) is 24.0. The van der Waals surface area contributed by atoms with Crippen LogP contribution in [-0.4, -0.2) is 39.2 Å². The maximum Gasteiger partial charge on any atom is 0.338 e. The van der Waals surface area contributed by atoms with Crippen molar-refractivity contribution in [3.63, 3.8) is 0 Å². The van der Waals surface area contributed by atoms with E-state index in [9.17, 15) is 18.0 Å². The van der Waals surface area contributed by atoms with Crippen LogP contribution < -0.4 is 11.1 Å². The van der Waals surface area contributed by atoms with Crippen LogP contribution in [0, 0.1) is 5.92 Å². The van der Waals surface area contributed by atoms with E-state index in [1.54, 1.807) is 6.92 Å². The average molecular weight is 393 g/mol. The molecule has 0 saturated carbocycles. The summed E-state index contributed by atoms with van der Waals surface area (Å²) in [6.07, 6.45) is 1.75. The van der Waals surface area contributed by atoms with Gasteiger partial charge in [-0.15, -0.1) is 12.4 Å². The quantitative estimate of drug-likeness (QED) is 0.685. The molecule has 0 aliphatic heterocycles. The van der Waals surface area contributed by atoms with Crippen LogP contribution in [0.1, 0.15) is 37.6 Å². The lowest BCUT2D eigenvalue weighted by Gasteiger charge is -2.18. The minimum absolute atomic E-state index is 0. The molecule has 0 fully saturated rings. The SMILES string of the molecule is CCOC(=O)c1cc(NC(=O)C(N)C(C)CC)cc(S(C)(=O)=O)c1.Cl. The number of rotatable bonds is 7. The van der Waals surface area contributed by atoms with E-state index in [0.29, 0.717) is 0 Å². The highest BCUT2D eigenvalue weighted by atomic mass is 35.5. The van der Waals surface area contributed by atoms with Gasteiger partial charge in [0, 0.05) is 11.9 Å². The number of benzene rings is 1. The topological polar surface area (TPSA) is 116 Å². The molecule has 1 rings (SSSR count). The van der Waals surface area contributed by atoms with Gasteiger partial charge in [-0.05, 0) is 31.0 Å². The van der Waals surface area contributed by atoms with Crippen molar-refractivity contribution in [1.29, 1.82) is 0 Å². The largest absolute Gasteiger partial charge is 0.462 e. The molecular weight excluding hydrogens is 368 g/mol. The molecule has 142 valence electrons. The van der Waals surface area contributed by atoms with Crippen molar-refractivity contribution >= 4 is 39.8 Å². The monoisotopic (exact) mass is 392 g/mol. The van der Waals surface area contributed by atoms with Crippen molar-refractivity contribution < 1.29 is 22.7 Å². The van der Waals surface area contributed by atoms with Gasteiger partial charge < -0.3 is 15.8 Å². The third kappa shape index (κ3) is 6.64. The molecular formula is C16H25ClN2O5S. The second-order valence-electron chi connectivity index (χ2n) is 5.64. The summed E-state index contributed by atoms with van der Waals surface area (Å²) < 4.78 is 28.5. The first-order valence-corrected chi connectivity index (χ1v) is 9.58. The van der Waals surface area contributed by atoms with Gasteiger partial charge in [0.2, 0.25) is 5.91 Å². The number of hydrogen-bond acceptors (Lipinski definition) is 6. The highest BCUT2D eigenvalue weighted by molar-refractivity contribution is 7.90. The van der Waals surface area contributed by atoms with Crippen molar-refractivity contribution in [2.24, 2.45) is 11.7 Å². The number of anilines is 1. The molecule has 1 aromatic carbocycles. The molecule has 0 spiro atoms. The van der Waals surface area contributed by atoms with Crippen molar-refractivity contribution in [3.05, 3.63) is 23.8 Å². The Morgan fingerprint density at radius 1 is 1.24 bits per heavy atom. The molecule has 1 aromatic rings. The van der Waals surface area contributed by atoms with Crippen LogP contribution in [-0.2, 0) is 19.4 Å². The van der Waals surface area contributed by atoms with Crippen molar-refractivity contribution in [3.8, 4) is 0 Å². The highest BCUT2D eigenvalue weighted by Gasteiger charge is 2.21. The Morgan fingerprint density at radius 2 is 1.84 bits per heavy atom. The Balaban J connectivity index is 0.00000576. The van der Waals surface area contributed by atoms with Crippen molar-refractivity contribution in [2.45, 2.75) is 38.1 Å². The fourth-order valence-electron chi connectivity index (χ4n) is 1.96. The lowest BCUT2D eigenvalue weighted by Crippen LogP contribution is -2.40. The summed E-state index contributed by atoms with van der Waals surface area (Å²) in [6, 6.07) is 3.15. The van der Waals surface area contributed by atoms with E-state index < -0.39 is 27.8 Å². The summed E-state index contributed by atoms with van der Waals surface area (Å²) >= 11 is 0. The van der Waals surface area contributed by atoms with Gasteiger partial charge in [-0.3, -0.25) is 4.79 Å². The van der Waals surface area contributed by atoms with Crippen molar-refractivity contribution in [2.75, 3.05) is 18.2 Å². The predicted molar refractivity (Wildman–Crippen MR) is 98.8 cm³/mol. The molecule has 2 atom stereocenters. The Morgan fingerprint density at radius 3 is 2.32 bits per heavy atom. The highest BCUT2D eigenvalue weighted by Crippen LogP contribution is 2.21. The van der Waals surface area contributed by atoms with E-state index in [2.05, 4.69) is 5.32 Å². The molecule has 9 heteroatoms. The Bertz CT molecular complexity index is 721. The summed E-state index contributed by atoms with van der Waals surface area (Å²) in [7, 11) is -3.56. The van der Waals surface area contributed by atoms with Gasteiger partial charge in [0.15, 0.2) is 9.84 Å². The van der Waals surface area contributed by atoms with Gasteiger partial charge in [-0.1, -0.05) is 20.3 Å². The normalized spacial score (nSPS) is 13.3. The van der Waals surface area contributed by atoms with Gasteiger partial charge in [-0.2, -0.15) is 0 Å². The lowest BCUT2D eigenvalue weighted by atomic mass is 9.99. The fourth-order valence-corrected chi connectivity index (χ4v) is 2.64. The summed E-state index contributed by atoms with van der Waals surface area (Å²) in [5, 5.41) is 2.57. The Labute approximate surface area is 154 Å². The van der Waals surface area contributed by atoms with Crippen LogP contribution in [0.5, 0.6) is 0 Å². The molecule has 25 heavy (non-hydrogen) atoms. The molecule has 2 unspecified atom stereocenters. The van der Waals surface area contributed by atoms with Crippen molar-refractivity contribution in [1.82, 2.24) is 0 Å². The zero-order valence-electron chi connectivity index (χ0n) is 14.7. The molecule has 0 saturated heterocycles. The summed E-state index contributed by atoms with van der Waals surface area (Å²) in [5.41, 5.74) is 6.10. The first kappa shape index (κ1) is 23.4. The van der Waals surface area contributed by atoms with Crippen LogP contribution in [0.25, 0.3) is 0 Å². The molecule has 0 radical (unpaired) electrons. The van der Waals surface area contributed by atoms with Gasteiger partial charge >= 0.3 is 5.97 Å². The molecule has 0 aliphatic rings. The van der Waals surface area contributed by atoms with E-state index in [4.69, 9.17) is 10.5 Å². The zero-order valence-corrected chi connectivity index (χ0v) is 16.4. The van der Waals surface area contributed by atoms with Gasteiger partial charge in [0.1, 0.15) is 0 Å². The first-order chi connectivity index (χ1) is 11.1. The maximum atomic E-state index is 12.2. The smallest absolute Gasteiger partial charge is 0.338 e. The molecule has 7 nitrogen and oxygen atoms in total. The number of esters is 1. The second kappa shape index (κ2) is 9.74. The van der Waals surface area contributed by atoms with Gasteiger partial charge in [0.05, 0.1) is 23.1 Å². The number of carbonyl (C=O) groups is 2. The molecule has 0 heterocycles. The molecule has 0 aromatic heterocycles. The van der Waals surface area contributed by atoms with Crippen LogP contribution in [0.3, 0.4) is 0 Å². The maximum absolute atomic E-state index is 12.2. The zero-order chi connectivity index (χ0) is 18.5. The number of ether oxygens (including phenoxy) is 1. The van der Waals surface area contributed by atoms with E-state index >= 15 is 0 Å². The minimum atomic E-state index is -3.56. The fraction of sp³-hybridized carbons (Fsp3) is 0.500. The summed E-state index contributed by atoms with van der Waals surface area (Å²) in [5.74, 6) is -1.14. The van der Waals surface area contributed by atoms with E-state index in [-0.39, 0.29) is 41.1 Å². The number of hydrogen-bond donors (Lipinski definition) is 2. The molecule has 0 aliphatic carbocycles. The average Bonchev–Trinajstić information content (AvgIpc) is 2.52. The number of amides is 1.